The van der Waals surface area contributed by atoms with Crippen molar-refractivity contribution in [3.8, 4) is 0 Å². The predicted octanol–water partition coefficient (Wildman–Crippen LogP) is 2.57. The van der Waals surface area contributed by atoms with Crippen molar-refractivity contribution in [2.75, 3.05) is 19.7 Å². The van der Waals surface area contributed by atoms with Crippen LogP contribution in [0.3, 0.4) is 0 Å². The summed E-state index contributed by atoms with van der Waals surface area (Å²) in [7, 11) is 0. The number of ether oxygens (including phenoxy) is 1. The molecule has 21 heavy (non-hydrogen) atoms. The summed E-state index contributed by atoms with van der Waals surface area (Å²) in [5.41, 5.74) is -0.559. The highest BCUT2D eigenvalue weighted by Crippen LogP contribution is 2.30. The van der Waals surface area contributed by atoms with Gasteiger partial charge in [-0.2, -0.15) is 0 Å². The molecule has 2 saturated carbocycles. The second-order valence-electron chi connectivity index (χ2n) is 7.36. The molecule has 0 spiro atoms. The van der Waals surface area contributed by atoms with E-state index < -0.39 is 5.54 Å². The zero-order valence-electron chi connectivity index (χ0n) is 14.2. The monoisotopic (exact) mass is 296 g/mol. The van der Waals surface area contributed by atoms with Crippen LogP contribution >= 0.6 is 0 Å². The van der Waals surface area contributed by atoms with E-state index >= 15 is 0 Å². The number of carbonyl (C=O) groups excluding carboxylic acids is 1. The molecule has 0 bridgehead atoms. The molecule has 1 unspecified atom stereocenters. The van der Waals surface area contributed by atoms with E-state index in [1.165, 1.54) is 32.1 Å². The fourth-order valence-corrected chi connectivity index (χ4v) is 2.80. The molecule has 0 aromatic carbocycles. The average molecular weight is 296 g/mol. The Bertz CT molecular complexity index is 351. The SMILES string of the molecule is CCOC(=O)C(C)(CN(CCC(C)C)C1CC1)NC1CC1. The van der Waals surface area contributed by atoms with Crippen LogP contribution in [0.15, 0.2) is 0 Å². The second-order valence-corrected chi connectivity index (χ2v) is 7.36. The Labute approximate surface area is 129 Å². The summed E-state index contributed by atoms with van der Waals surface area (Å²) in [4.78, 5) is 14.9. The first kappa shape index (κ1) is 16.8. The van der Waals surface area contributed by atoms with E-state index in [0.29, 0.717) is 24.6 Å². The molecule has 2 aliphatic rings. The number of carbonyl (C=O) groups is 1. The van der Waals surface area contributed by atoms with Crippen LogP contribution in [0.5, 0.6) is 0 Å². The van der Waals surface area contributed by atoms with Gasteiger partial charge in [-0.05, 0) is 58.4 Å². The van der Waals surface area contributed by atoms with Gasteiger partial charge in [-0.3, -0.25) is 15.0 Å². The number of rotatable bonds is 10. The first-order valence-corrected chi connectivity index (χ1v) is 8.63. The summed E-state index contributed by atoms with van der Waals surface area (Å²) >= 11 is 0. The molecular formula is C17H32N2O2. The maximum absolute atomic E-state index is 12.4. The zero-order valence-corrected chi connectivity index (χ0v) is 14.2. The van der Waals surface area contributed by atoms with Gasteiger partial charge in [0.15, 0.2) is 0 Å². The Balaban J connectivity index is 1.98. The highest BCUT2D eigenvalue weighted by Gasteiger charge is 2.43. The standard InChI is InChI=1S/C17H32N2O2/c1-5-21-16(20)17(4,18-14-6-7-14)12-19(15-8-9-15)11-10-13(2)3/h13-15,18H,5-12H2,1-4H3. The predicted molar refractivity (Wildman–Crippen MR) is 85.2 cm³/mol. The lowest BCUT2D eigenvalue weighted by Crippen LogP contribution is -2.58. The summed E-state index contributed by atoms with van der Waals surface area (Å²) in [6.07, 6.45) is 6.12. The van der Waals surface area contributed by atoms with Crippen molar-refractivity contribution in [1.82, 2.24) is 10.2 Å². The number of nitrogens with one attached hydrogen (secondary N) is 1. The Morgan fingerprint density at radius 1 is 1.33 bits per heavy atom. The van der Waals surface area contributed by atoms with Crippen molar-refractivity contribution in [1.29, 1.82) is 0 Å². The van der Waals surface area contributed by atoms with Gasteiger partial charge in [-0.25, -0.2) is 0 Å². The van der Waals surface area contributed by atoms with E-state index in [2.05, 4.69) is 24.1 Å². The third kappa shape index (κ3) is 5.26. The molecule has 0 aromatic heterocycles. The minimum Gasteiger partial charge on any atom is -0.465 e. The Hall–Kier alpha value is -0.610. The largest absolute Gasteiger partial charge is 0.465 e. The topological polar surface area (TPSA) is 41.6 Å². The number of hydrogen-bond acceptors (Lipinski definition) is 4. The minimum absolute atomic E-state index is 0.0907. The smallest absolute Gasteiger partial charge is 0.327 e. The van der Waals surface area contributed by atoms with E-state index in [4.69, 9.17) is 4.74 Å². The van der Waals surface area contributed by atoms with Crippen LogP contribution in [0.1, 0.15) is 59.8 Å². The summed E-state index contributed by atoms with van der Waals surface area (Å²) in [6.45, 7) is 10.7. The van der Waals surface area contributed by atoms with Crippen molar-refractivity contribution in [2.45, 2.75) is 77.4 Å². The van der Waals surface area contributed by atoms with Crippen LogP contribution < -0.4 is 5.32 Å². The van der Waals surface area contributed by atoms with Crippen molar-refractivity contribution >= 4 is 5.97 Å². The summed E-state index contributed by atoms with van der Waals surface area (Å²) in [6, 6.07) is 1.18. The van der Waals surface area contributed by atoms with Gasteiger partial charge >= 0.3 is 5.97 Å². The molecule has 4 heteroatoms. The molecule has 0 amide bonds. The van der Waals surface area contributed by atoms with Crippen LogP contribution in [0, 0.1) is 5.92 Å². The van der Waals surface area contributed by atoms with E-state index in [0.717, 1.165) is 13.1 Å². The van der Waals surface area contributed by atoms with Crippen molar-refractivity contribution < 1.29 is 9.53 Å². The average Bonchev–Trinajstić information content (AvgIpc) is 3.27. The zero-order chi connectivity index (χ0) is 15.5. The maximum atomic E-state index is 12.4. The van der Waals surface area contributed by atoms with E-state index in [-0.39, 0.29) is 5.97 Å². The van der Waals surface area contributed by atoms with Crippen LogP contribution in [0.2, 0.25) is 0 Å². The highest BCUT2D eigenvalue weighted by atomic mass is 16.5. The van der Waals surface area contributed by atoms with Gasteiger partial charge in [0.25, 0.3) is 0 Å². The van der Waals surface area contributed by atoms with Gasteiger partial charge in [0.2, 0.25) is 0 Å². The number of hydrogen-bond donors (Lipinski definition) is 1. The van der Waals surface area contributed by atoms with Gasteiger partial charge in [-0.15, -0.1) is 0 Å². The van der Waals surface area contributed by atoms with Crippen LogP contribution in [-0.2, 0) is 9.53 Å². The van der Waals surface area contributed by atoms with E-state index in [1.807, 2.05) is 13.8 Å². The van der Waals surface area contributed by atoms with Crippen molar-refractivity contribution in [3.05, 3.63) is 0 Å². The van der Waals surface area contributed by atoms with Crippen LogP contribution in [0.4, 0.5) is 0 Å². The van der Waals surface area contributed by atoms with E-state index in [9.17, 15) is 4.79 Å². The molecule has 2 rings (SSSR count). The normalized spacial score (nSPS) is 21.6. The first-order valence-electron chi connectivity index (χ1n) is 8.63. The van der Waals surface area contributed by atoms with Crippen LogP contribution in [0.25, 0.3) is 0 Å². The molecule has 0 heterocycles. The molecule has 0 aliphatic heterocycles. The minimum atomic E-state index is -0.559. The lowest BCUT2D eigenvalue weighted by Gasteiger charge is -2.35. The summed E-state index contributed by atoms with van der Waals surface area (Å²) in [5.74, 6) is 0.614. The fourth-order valence-electron chi connectivity index (χ4n) is 2.80. The third-order valence-electron chi connectivity index (χ3n) is 4.40. The Morgan fingerprint density at radius 3 is 2.48 bits per heavy atom. The number of esters is 1. The molecule has 1 atom stereocenters. The molecule has 122 valence electrons. The molecule has 4 nitrogen and oxygen atoms in total. The quantitative estimate of drug-likeness (QED) is 0.629. The second kappa shape index (κ2) is 7.10. The third-order valence-corrected chi connectivity index (χ3v) is 4.40. The summed E-state index contributed by atoms with van der Waals surface area (Å²) in [5, 5.41) is 3.54. The molecule has 0 saturated heterocycles. The summed E-state index contributed by atoms with van der Waals surface area (Å²) < 4.78 is 5.33. The maximum Gasteiger partial charge on any atom is 0.327 e. The molecule has 1 N–H and O–H groups in total. The molecular weight excluding hydrogens is 264 g/mol. The van der Waals surface area contributed by atoms with E-state index in [1.54, 1.807) is 0 Å². The lowest BCUT2D eigenvalue weighted by atomic mass is 10.0. The molecule has 0 aromatic rings. The van der Waals surface area contributed by atoms with Gasteiger partial charge in [0.1, 0.15) is 5.54 Å². The molecule has 0 radical (unpaired) electrons. The molecule has 2 fully saturated rings. The number of nitrogens with zero attached hydrogens (tertiary/aromatic N) is 1. The van der Waals surface area contributed by atoms with Crippen molar-refractivity contribution in [3.63, 3.8) is 0 Å². The fraction of sp³-hybridized carbons (Fsp3) is 0.941. The van der Waals surface area contributed by atoms with Gasteiger partial charge in [-0.1, -0.05) is 13.8 Å². The first-order chi connectivity index (χ1) is 9.94. The van der Waals surface area contributed by atoms with Crippen molar-refractivity contribution in [2.24, 2.45) is 5.92 Å². The molecule has 2 aliphatic carbocycles. The Kier molecular flexibility index (Phi) is 5.67. The Morgan fingerprint density at radius 2 is 2.00 bits per heavy atom. The van der Waals surface area contributed by atoms with Gasteiger partial charge in [0, 0.05) is 18.6 Å². The van der Waals surface area contributed by atoms with Crippen LogP contribution in [-0.4, -0.2) is 48.2 Å². The van der Waals surface area contributed by atoms with Gasteiger partial charge < -0.3 is 4.74 Å². The highest BCUT2D eigenvalue weighted by molar-refractivity contribution is 5.80. The lowest BCUT2D eigenvalue weighted by molar-refractivity contribution is -0.151. The van der Waals surface area contributed by atoms with Gasteiger partial charge in [0.05, 0.1) is 6.61 Å².